The van der Waals surface area contributed by atoms with Crippen LogP contribution in [0.15, 0.2) is 16.6 Å². The minimum Gasteiger partial charge on any atom is -0.343 e. The van der Waals surface area contributed by atoms with Gasteiger partial charge in [0.1, 0.15) is 0 Å². The summed E-state index contributed by atoms with van der Waals surface area (Å²) in [6.45, 7) is 2.14. The molecule has 0 saturated heterocycles. The van der Waals surface area contributed by atoms with Crippen molar-refractivity contribution in [1.82, 2.24) is 14.9 Å². The van der Waals surface area contributed by atoms with Gasteiger partial charge in [-0.25, -0.2) is 13.4 Å². The lowest BCUT2D eigenvalue weighted by Crippen LogP contribution is -2.50. The fourth-order valence-corrected chi connectivity index (χ4v) is 2.78. The number of guanidine groups is 1. The summed E-state index contributed by atoms with van der Waals surface area (Å²) in [6, 6.07) is 0. The summed E-state index contributed by atoms with van der Waals surface area (Å²) in [5.74, 6) is 0.343. The van der Waals surface area contributed by atoms with Crippen molar-refractivity contribution in [2.75, 3.05) is 26.1 Å². The molecule has 19 heavy (non-hydrogen) atoms. The molecule has 0 aromatic heterocycles. The Balaban J connectivity index is 1.75. The van der Waals surface area contributed by atoms with Gasteiger partial charge < -0.3 is 5.32 Å². The van der Waals surface area contributed by atoms with Gasteiger partial charge in [-0.2, -0.15) is 0 Å². The molecule has 7 heteroatoms. The molecule has 0 fully saturated rings. The molecule has 0 amide bonds. The minimum absolute atomic E-state index is 0.343. The molecule has 2 N–H and O–H groups in total. The number of rotatable bonds is 4. The quantitative estimate of drug-likeness (QED) is 0.742. The van der Waals surface area contributed by atoms with Crippen molar-refractivity contribution in [3.05, 3.63) is 11.6 Å². The van der Waals surface area contributed by atoms with Gasteiger partial charge in [-0.1, -0.05) is 11.6 Å². The number of nitrogens with one attached hydrogen (secondary N) is 2. The highest BCUT2D eigenvalue weighted by Gasteiger charge is 2.14. The van der Waals surface area contributed by atoms with Gasteiger partial charge in [-0.15, -0.1) is 0 Å². The number of hydrogen-bond donors (Lipinski definition) is 2. The Morgan fingerprint density at radius 2 is 2.32 bits per heavy atom. The molecule has 2 rings (SSSR count). The molecule has 2 aliphatic rings. The van der Waals surface area contributed by atoms with Crippen LogP contribution in [-0.4, -0.2) is 45.4 Å². The second-order valence-corrected chi connectivity index (χ2v) is 6.86. The van der Waals surface area contributed by atoms with E-state index in [1.165, 1.54) is 25.7 Å². The van der Waals surface area contributed by atoms with Gasteiger partial charge >= 0.3 is 0 Å². The first-order chi connectivity index (χ1) is 9.03. The first kappa shape index (κ1) is 14.3. The Morgan fingerprint density at radius 1 is 1.47 bits per heavy atom. The average molecular weight is 286 g/mol. The van der Waals surface area contributed by atoms with Crippen LogP contribution >= 0.6 is 0 Å². The lowest BCUT2D eigenvalue weighted by molar-refractivity contribution is 0.265. The van der Waals surface area contributed by atoms with Gasteiger partial charge in [-0.05, 0) is 32.1 Å². The number of aliphatic imine (C=N–C) groups is 1. The summed E-state index contributed by atoms with van der Waals surface area (Å²) < 4.78 is 24.5. The van der Waals surface area contributed by atoms with E-state index in [0.29, 0.717) is 19.3 Å². The second kappa shape index (κ2) is 6.38. The van der Waals surface area contributed by atoms with Crippen LogP contribution in [0.5, 0.6) is 0 Å². The maximum atomic E-state index is 11.1. The first-order valence-corrected chi connectivity index (χ1v) is 8.58. The summed E-state index contributed by atoms with van der Waals surface area (Å²) in [5, 5.41) is 2.98. The Bertz CT molecular complexity index is 470. The third-order valence-corrected chi connectivity index (χ3v) is 3.88. The molecule has 1 aliphatic carbocycles. The summed E-state index contributed by atoms with van der Waals surface area (Å²) >= 11 is 0. The molecule has 0 radical (unpaired) electrons. The molecular weight excluding hydrogens is 264 g/mol. The summed E-state index contributed by atoms with van der Waals surface area (Å²) in [5.41, 5.74) is 1.55. The van der Waals surface area contributed by atoms with Gasteiger partial charge in [0, 0.05) is 6.54 Å². The molecule has 0 atom stereocenters. The van der Waals surface area contributed by atoms with Crippen molar-refractivity contribution in [1.29, 1.82) is 0 Å². The van der Waals surface area contributed by atoms with E-state index in [-0.39, 0.29) is 0 Å². The molecule has 108 valence electrons. The third kappa shape index (κ3) is 5.20. The summed E-state index contributed by atoms with van der Waals surface area (Å²) in [4.78, 5) is 6.35. The van der Waals surface area contributed by atoms with Crippen LogP contribution in [0.4, 0.5) is 0 Å². The number of nitrogens with zero attached hydrogens (tertiary/aromatic N) is 2. The monoisotopic (exact) mass is 286 g/mol. The Hall–Kier alpha value is -1.08. The van der Waals surface area contributed by atoms with Gasteiger partial charge in [0.05, 0.1) is 19.6 Å². The van der Waals surface area contributed by atoms with Crippen LogP contribution in [0.2, 0.25) is 0 Å². The Kier molecular flexibility index (Phi) is 4.81. The van der Waals surface area contributed by atoms with E-state index in [2.05, 4.69) is 26.0 Å². The predicted molar refractivity (Wildman–Crippen MR) is 76.2 cm³/mol. The van der Waals surface area contributed by atoms with Gasteiger partial charge in [0.25, 0.3) is 0 Å². The highest BCUT2D eigenvalue weighted by molar-refractivity contribution is 7.89. The highest BCUT2D eigenvalue weighted by Crippen LogP contribution is 2.20. The van der Waals surface area contributed by atoms with E-state index < -0.39 is 10.0 Å². The van der Waals surface area contributed by atoms with Crippen LogP contribution in [0.25, 0.3) is 0 Å². The van der Waals surface area contributed by atoms with Crippen molar-refractivity contribution in [3.63, 3.8) is 0 Å². The zero-order valence-electron chi connectivity index (χ0n) is 11.4. The zero-order chi connectivity index (χ0) is 13.7. The van der Waals surface area contributed by atoms with Gasteiger partial charge in [-0.3, -0.25) is 9.62 Å². The smallest absolute Gasteiger partial charge is 0.232 e. The Morgan fingerprint density at radius 3 is 2.89 bits per heavy atom. The number of allylic oxidation sites excluding steroid dienone is 1. The fourth-order valence-electron chi connectivity index (χ4n) is 2.29. The van der Waals surface area contributed by atoms with E-state index >= 15 is 0 Å². The van der Waals surface area contributed by atoms with Gasteiger partial charge in [0.2, 0.25) is 16.0 Å². The molecule has 1 aliphatic heterocycles. The zero-order valence-corrected chi connectivity index (χ0v) is 12.2. The minimum atomic E-state index is -3.24. The van der Waals surface area contributed by atoms with Crippen LogP contribution in [0.1, 0.15) is 32.1 Å². The first-order valence-electron chi connectivity index (χ1n) is 6.69. The molecule has 0 aromatic carbocycles. The van der Waals surface area contributed by atoms with Crippen molar-refractivity contribution in [2.24, 2.45) is 4.99 Å². The second-order valence-electron chi connectivity index (χ2n) is 5.11. The molecule has 0 aromatic rings. The van der Waals surface area contributed by atoms with Crippen molar-refractivity contribution >= 4 is 16.0 Å². The molecule has 1 heterocycles. The SMILES string of the molecule is CS(=O)(=O)NC1=NCN(CCC2=CCCCC2)CN1. The van der Waals surface area contributed by atoms with E-state index in [4.69, 9.17) is 0 Å². The highest BCUT2D eigenvalue weighted by atomic mass is 32.2. The molecule has 0 bridgehead atoms. The fraction of sp³-hybridized carbons (Fsp3) is 0.750. The lowest BCUT2D eigenvalue weighted by atomic mass is 9.97. The molecular formula is C12H22N4O2S. The number of hydrogen-bond acceptors (Lipinski definition) is 5. The molecule has 0 spiro atoms. The van der Waals surface area contributed by atoms with Crippen LogP contribution in [0.3, 0.4) is 0 Å². The van der Waals surface area contributed by atoms with Crippen LogP contribution in [0, 0.1) is 0 Å². The van der Waals surface area contributed by atoms with Crippen LogP contribution < -0.4 is 10.0 Å². The predicted octanol–water partition coefficient (Wildman–Crippen LogP) is 0.602. The van der Waals surface area contributed by atoms with Crippen molar-refractivity contribution in [2.45, 2.75) is 32.1 Å². The summed E-state index contributed by atoms with van der Waals surface area (Å²) in [7, 11) is -3.24. The Labute approximate surface area is 115 Å². The van der Waals surface area contributed by atoms with E-state index in [0.717, 1.165) is 19.2 Å². The molecule has 0 saturated carbocycles. The van der Waals surface area contributed by atoms with Gasteiger partial charge in [0.15, 0.2) is 0 Å². The topological polar surface area (TPSA) is 73.8 Å². The van der Waals surface area contributed by atoms with Crippen molar-refractivity contribution in [3.8, 4) is 0 Å². The normalized spacial score (nSPS) is 21.3. The van der Waals surface area contributed by atoms with Crippen LogP contribution in [-0.2, 0) is 10.0 Å². The number of sulfonamides is 1. The molecule has 6 nitrogen and oxygen atoms in total. The third-order valence-electron chi connectivity index (χ3n) is 3.32. The standard InChI is InChI=1S/C12H22N4O2S/c1-19(17,18)15-12-13-9-16(10-14-12)8-7-11-5-3-2-4-6-11/h5H,2-4,6-10H2,1H3,(H2,13,14,15). The average Bonchev–Trinajstić information content (AvgIpc) is 2.37. The maximum Gasteiger partial charge on any atom is 0.232 e. The van der Waals surface area contributed by atoms with E-state index in [1.807, 2.05) is 0 Å². The summed E-state index contributed by atoms with van der Waals surface area (Å²) in [6.07, 6.45) is 9.65. The molecule has 0 unspecified atom stereocenters. The maximum absolute atomic E-state index is 11.1. The van der Waals surface area contributed by atoms with E-state index in [9.17, 15) is 8.42 Å². The lowest BCUT2D eigenvalue weighted by Gasteiger charge is -2.27. The van der Waals surface area contributed by atoms with E-state index in [1.54, 1.807) is 5.57 Å². The van der Waals surface area contributed by atoms with Crippen molar-refractivity contribution < 1.29 is 8.42 Å². The largest absolute Gasteiger partial charge is 0.343 e.